The third-order valence-corrected chi connectivity index (χ3v) is 4.83. The fourth-order valence-corrected chi connectivity index (χ4v) is 2.92. The van der Waals surface area contributed by atoms with Crippen molar-refractivity contribution < 1.29 is 5.11 Å². The lowest BCUT2D eigenvalue weighted by atomic mass is 9.80. The molecule has 1 aliphatic rings. The standard InChI is InChI=1S/C17H27N3OS/c1-4-18-16(19-13-17(21)10-5-11-17)20(2)12-14-6-8-15(22-3)9-7-14/h6-9,21H,4-5,10-13H2,1-3H3,(H,18,19). The Kier molecular flexibility index (Phi) is 6.15. The number of thioether (sulfide) groups is 1. The largest absolute Gasteiger partial charge is 0.388 e. The molecule has 0 aromatic heterocycles. The summed E-state index contributed by atoms with van der Waals surface area (Å²) in [5.41, 5.74) is 0.690. The van der Waals surface area contributed by atoms with Crippen molar-refractivity contribution in [2.75, 3.05) is 26.4 Å². The molecule has 2 rings (SSSR count). The van der Waals surface area contributed by atoms with Gasteiger partial charge in [0.1, 0.15) is 0 Å². The quantitative estimate of drug-likeness (QED) is 0.480. The Morgan fingerprint density at radius 3 is 2.55 bits per heavy atom. The molecule has 5 heteroatoms. The van der Waals surface area contributed by atoms with Crippen LogP contribution in [0.25, 0.3) is 0 Å². The van der Waals surface area contributed by atoms with Crippen LogP contribution in [-0.2, 0) is 6.54 Å². The van der Waals surface area contributed by atoms with Gasteiger partial charge in [0, 0.05) is 25.0 Å². The van der Waals surface area contributed by atoms with Crippen LogP contribution in [0.1, 0.15) is 31.7 Å². The third-order valence-electron chi connectivity index (χ3n) is 4.08. The van der Waals surface area contributed by atoms with Crippen LogP contribution >= 0.6 is 11.8 Å². The Morgan fingerprint density at radius 2 is 2.05 bits per heavy atom. The molecular formula is C17H27N3OS. The highest BCUT2D eigenvalue weighted by Crippen LogP contribution is 2.31. The monoisotopic (exact) mass is 321 g/mol. The van der Waals surface area contributed by atoms with E-state index in [1.807, 2.05) is 7.05 Å². The Hall–Kier alpha value is -1.20. The van der Waals surface area contributed by atoms with Crippen LogP contribution in [0.3, 0.4) is 0 Å². The maximum Gasteiger partial charge on any atom is 0.194 e. The highest BCUT2D eigenvalue weighted by Gasteiger charge is 2.34. The van der Waals surface area contributed by atoms with E-state index in [0.717, 1.165) is 38.3 Å². The van der Waals surface area contributed by atoms with E-state index in [9.17, 15) is 5.11 Å². The summed E-state index contributed by atoms with van der Waals surface area (Å²) in [5, 5.41) is 13.5. The van der Waals surface area contributed by atoms with Gasteiger partial charge in [0.2, 0.25) is 0 Å². The van der Waals surface area contributed by atoms with E-state index < -0.39 is 5.60 Å². The van der Waals surface area contributed by atoms with Crippen molar-refractivity contribution in [2.24, 2.45) is 4.99 Å². The zero-order valence-corrected chi connectivity index (χ0v) is 14.6. The van der Waals surface area contributed by atoms with Crippen LogP contribution in [0.15, 0.2) is 34.2 Å². The van der Waals surface area contributed by atoms with Gasteiger partial charge in [-0.05, 0) is 50.1 Å². The average molecular weight is 321 g/mol. The van der Waals surface area contributed by atoms with E-state index in [1.54, 1.807) is 11.8 Å². The fourth-order valence-electron chi connectivity index (χ4n) is 2.51. The molecule has 0 radical (unpaired) electrons. The highest BCUT2D eigenvalue weighted by atomic mass is 32.2. The first kappa shape index (κ1) is 17.2. The summed E-state index contributed by atoms with van der Waals surface area (Å²) in [6.07, 6.45) is 4.94. The number of benzene rings is 1. The van der Waals surface area contributed by atoms with Gasteiger partial charge in [0.25, 0.3) is 0 Å². The van der Waals surface area contributed by atoms with E-state index >= 15 is 0 Å². The first-order valence-corrected chi connectivity index (χ1v) is 9.13. The van der Waals surface area contributed by atoms with Gasteiger partial charge in [0.15, 0.2) is 5.96 Å². The van der Waals surface area contributed by atoms with E-state index in [0.29, 0.717) is 6.54 Å². The van der Waals surface area contributed by atoms with Gasteiger partial charge >= 0.3 is 0 Å². The van der Waals surface area contributed by atoms with Gasteiger partial charge in [-0.3, -0.25) is 4.99 Å². The molecule has 0 spiro atoms. The van der Waals surface area contributed by atoms with Crippen LogP contribution in [0.4, 0.5) is 0 Å². The number of aliphatic hydroxyl groups is 1. The molecule has 0 aliphatic heterocycles. The molecule has 0 amide bonds. The van der Waals surface area contributed by atoms with Crippen LogP contribution in [0.2, 0.25) is 0 Å². The summed E-state index contributed by atoms with van der Waals surface area (Å²) >= 11 is 1.75. The number of guanidine groups is 1. The van der Waals surface area contributed by atoms with Crippen LogP contribution in [-0.4, -0.2) is 48.0 Å². The van der Waals surface area contributed by atoms with E-state index in [2.05, 4.69) is 52.7 Å². The van der Waals surface area contributed by atoms with Gasteiger partial charge in [-0.2, -0.15) is 0 Å². The number of hydrogen-bond donors (Lipinski definition) is 2. The molecular weight excluding hydrogens is 294 g/mol. The van der Waals surface area contributed by atoms with E-state index in [-0.39, 0.29) is 0 Å². The van der Waals surface area contributed by atoms with Crippen LogP contribution in [0, 0.1) is 0 Å². The predicted octanol–water partition coefficient (Wildman–Crippen LogP) is 2.72. The third kappa shape index (κ3) is 4.65. The molecule has 0 unspecified atom stereocenters. The first-order valence-electron chi connectivity index (χ1n) is 7.91. The van der Waals surface area contributed by atoms with Gasteiger partial charge < -0.3 is 15.3 Å². The Balaban J connectivity index is 1.98. The van der Waals surface area contributed by atoms with Crippen LogP contribution < -0.4 is 5.32 Å². The predicted molar refractivity (Wildman–Crippen MR) is 94.5 cm³/mol. The number of nitrogens with one attached hydrogen (secondary N) is 1. The number of rotatable bonds is 6. The highest BCUT2D eigenvalue weighted by molar-refractivity contribution is 7.98. The smallest absolute Gasteiger partial charge is 0.194 e. The van der Waals surface area contributed by atoms with Gasteiger partial charge in [-0.1, -0.05) is 12.1 Å². The molecule has 22 heavy (non-hydrogen) atoms. The molecule has 1 fully saturated rings. The van der Waals surface area contributed by atoms with Gasteiger partial charge in [-0.15, -0.1) is 11.8 Å². The fraction of sp³-hybridized carbons (Fsp3) is 0.588. The van der Waals surface area contributed by atoms with Gasteiger partial charge in [0.05, 0.1) is 12.1 Å². The molecule has 0 atom stereocenters. The lowest BCUT2D eigenvalue weighted by Crippen LogP contribution is -2.43. The van der Waals surface area contributed by atoms with Crippen molar-refractivity contribution in [1.82, 2.24) is 10.2 Å². The SMILES string of the molecule is CCNC(=NCC1(O)CCC1)N(C)Cc1ccc(SC)cc1. The second-order valence-electron chi connectivity index (χ2n) is 5.95. The summed E-state index contributed by atoms with van der Waals surface area (Å²) in [6.45, 7) is 4.19. The zero-order chi connectivity index (χ0) is 16.0. The van der Waals surface area contributed by atoms with E-state index in [1.165, 1.54) is 10.5 Å². The second kappa shape index (κ2) is 7.88. The Labute approximate surface area is 138 Å². The topological polar surface area (TPSA) is 47.9 Å². The molecule has 1 aromatic carbocycles. The van der Waals surface area contributed by atoms with Crippen molar-refractivity contribution in [3.05, 3.63) is 29.8 Å². The zero-order valence-electron chi connectivity index (χ0n) is 13.8. The summed E-state index contributed by atoms with van der Waals surface area (Å²) in [5.74, 6) is 0.858. The molecule has 2 N–H and O–H groups in total. The Morgan fingerprint density at radius 1 is 1.36 bits per heavy atom. The minimum absolute atomic E-state index is 0.491. The maximum absolute atomic E-state index is 10.2. The van der Waals surface area contributed by atoms with Crippen molar-refractivity contribution in [3.63, 3.8) is 0 Å². The first-order chi connectivity index (χ1) is 10.6. The van der Waals surface area contributed by atoms with Crippen molar-refractivity contribution in [2.45, 2.75) is 43.2 Å². The number of aliphatic imine (C=N–C) groups is 1. The molecule has 1 saturated carbocycles. The average Bonchev–Trinajstić information content (AvgIpc) is 2.50. The molecule has 0 saturated heterocycles. The minimum atomic E-state index is -0.568. The Bertz CT molecular complexity index is 497. The molecule has 0 bridgehead atoms. The summed E-state index contributed by atoms with van der Waals surface area (Å²) in [4.78, 5) is 8.00. The van der Waals surface area contributed by atoms with E-state index in [4.69, 9.17) is 0 Å². The lowest BCUT2D eigenvalue weighted by Gasteiger charge is -2.35. The molecule has 122 valence electrons. The van der Waals surface area contributed by atoms with Crippen molar-refractivity contribution in [3.8, 4) is 0 Å². The molecule has 0 heterocycles. The number of nitrogens with zero attached hydrogens (tertiary/aromatic N) is 2. The van der Waals surface area contributed by atoms with Gasteiger partial charge in [-0.25, -0.2) is 0 Å². The summed E-state index contributed by atoms with van der Waals surface area (Å²) in [6, 6.07) is 8.61. The molecule has 1 aromatic rings. The number of hydrogen-bond acceptors (Lipinski definition) is 3. The summed E-state index contributed by atoms with van der Waals surface area (Å²) in [7, 11) is 2.04. The van der Waals surface area contributed by atoms with Crippen molar-refractivity contribution >= 4 is 17.7 Å². The lowest BCUT2D eigenvalue weighted by molar-refractivity contribution is -0.0237. The maximum atomic E-state index is 10.2. The minimum Gasteiger partial charge on any atom is -0.388 e. The van der Waals surface area contributed by atoms with Crippen LogP contribution in [0.5, 0.6) is 0 Å². The normalized spacial score (nSPS) is 17.0. The second-order valence-corrected chi connectivity index (χ2v) is 6.83. The molecule has 4 nitrogen and oxygen atoms in total. The van der Waals surface area contributed by atoms with Crippen molar-refractivity contribution in [1.29, 1.82) is 0 Å². The summed E-state index contributed by atoms with van der Waals surface area (Å²) < 4.78 is 0. The molecule has 1 aliphatic carbocycles.